The molecule has 2 heterocycles. The third-order valence-corrected chi connectivity index (χ3v) is 3.30. The summed E-state index contributed by atoms with van der Waals surface area (Å²) in [5, 5.41) is 4.43. The number of aromatic nitrogens is 4. The molecule has 2 aromatic rings. The number of hydrogen-bond acceptors (Lipinski definition) is 4. The van der Waals surface area contributed by atoms with Gasteiger partial charge in [-0.25, -0.2) is 9.67 Å². The standard InChI is InChI=1S/C12H17ClN4O2/c1-4-17-12-11(8(2)15-17)14-9(7-13)16(12)6-5-10(18)19-3/h4-7H2,1-3H3. The van der Waals surface area contributed by atoms with E-state index in [-0.39, 0.29) is 5.97 Å². The Bertz CT molecular complexity index is 602. The number of ether oxygens (including phenoxy) is 1. The molecule has 0 spiro atoms. The second-order valence-corrected chi connectivity index (χ2v) is 4.48. The van der Waals surface area contributed by atoms with Crippen molar-refractivity contribution in [2.75, 3.05) is 7.11 Å². The van der Waals surface area contributed by atoms with E-state index in [2.05, 4.69) is 14.8 Å². The molecule has 0 amide bonds. The van der Waals surface area contributed by atoms with Crippen molar-refractivity contribution >= 4 is 28.7 Å². The summed E-state index contributed by atoms with van der Waals surface area (Å²) in [7, 11) is 1.38. The number of rotatable bonds is 5. The van der Waals surface area contributed by atoms with Crippen molar-refractivity contribution in [1.82, 2.24) is 19.3 Å². The highest BCUT2D eigenvalue weighted by Crippen LogP contribution is 2.21. The van der Waals surface area contributed by atoms with E-state index in [0.29, 0.717) is 18.8 Å². The number of nitrogens with zero attached hydrogens (tertiary/aromatic N) is 4. The fraction of sp³-hybridized carbons (Fsp3) is 0.583. The maximum atomic E-state index is 11.3. The predicted molar refractivity (Wildman–Crippen MR) is 72.1 cm³/mol. The van der Waals surface area contributed by atoms with Crippen LogP contribution in [0.4, 0.5) is 0 Å². The van der Waals surface area contributed by atoms with Crippen molar-refractivity contribution in [1.29, 1.82) is 0 Å². The topological polar surface area (TPSA) is 61.9 Å². The average molecular weight is 285 g/mol. The van der Waals surface area contributed by atoms with E-state index >= 15 is 0 Å². The minimum atomic E-state index is -0.248. The summed E-state index contributed by atoms with van der Waals surface area (Å²) < 4.78 is 8.49. The molecule has 0 N–H and O–H groups in total. The van der Waals surface area contributed by atoms with E-state index in [0.717, 1.165) is 29.2 Å². The molecule has 0 unspecified atom stereocenters. The number of halogens is 1. The number of aryl methyl sites for hydroxylation is 3. The molecule has 0 saturated heterocycles. The summed E-state index contributed by atoms with van der Waals surface area (Å²) in [4.78, 5) is 15.8. The first-order chi connectivity index (χ1) is 9.12. The first-order valence-corrected chi connectivity index (χ1v) is 6.71. The largest absolute Gasteiger partial charge is 0.469 e. The number of hydrogen-bond donors (Lipinski definition) is 0. The molecule has 19 heavy (non-hydrogen) atoms. The van der Waals surface area contributed by atoms with Gasteiger partial charge in [-0.15, -0.1) is 11.6 Å². The fourth-order valence-electron chi connectivity index (χ4n) is 2.13. The van der Waals surface area contributed by atoms with Crippen LogP contribution in [0.5, 0.6) is 0 Å². The van der Waals surface area contributed by atoms with Crippen LogP contribution in [0, 0.1) is 6.92 Å². The van der Waals surface area contributed by atoms with Gasteiger partial charge in [0.25, 0.3) is 0 Å². The Hall–Kier alpha value is -1.56. The molecule has 0 radical (unpaired) electrons. The van der Waals surface area contributed by atoms with E-state index in [4.69, 9.17) is 11.6 Å². The van der Waals surface area contributed by atoms with Gasteiger partial charge in [-0.05, 0) is 13.8 Å². The Labute approximate surface area is 116 Å². The summed E-state index contributed by atoms with van der Waals surface area (Å²) in [6.07, 6.45) is 0.291. The maximum absolute atomic E-state index is 11.3. The molecule has 6 nitrogen and oxygen atoms in total. The molecule has 0 saturated carbocycles. The van der Waals surface area contributed by atoms with E-state index in [1.807, 2.05) is 23.1 Å². The number of fused-ring (bicyclic) bond motifs is 1. The number of carbonyl (C=O) groups excluding carboxylic acids is 1. The number of methoxy groups -OCH3 is 1. The van der Waals surface area contributed by atoms with Gasteiger partial charge < -0.3 is 9.30 Å². The highest BCUT2D eigenvalue weighted by atomic mass is 35.5. The van der Waals surface area contributed by atoms with Gasteiger partial charge >= 0.3 is 5.97 Å². The second kappa shape index (κ2) is 5.61. The fourth-order valence-corrected chi connectivity index (χ4v) is 2.34. The smallest absolute Gasteiger partial charge is 0.307 e. The van der Waals surface area contributed by atoms with Gasteiger partial charge in [0, 0.05) is 13.1 Å². The maximum Gasteiger partial charge on any atom is 0.307 e. The lowest BCUT2D eigenvalue weighted by atomic mass is 10.4. The number of imidazole rings is 1. The average Bonchev–Trinajstić information content (AvgIpc) is 2.93. The van der Waals surface area contributed by atoms with Crippen LogP contribution < -0.4 is 0 Å². The molecule has 7 heteroatoms. The van der Waals surface area contributed by atoms with Gasteiger partial charge in [-0.2, -0.15) is 5.10 Å². The van der Waals surface area contributed by atoms with E-state index < -0.39 is 0 Å². The lowest BCUT2D eigenvalue weighted by Gasteiger charge is -2.08. The molecular weight excluding hydrogens is 268 g/mol. The predicted octanol–water partition coefficient (Wildman–Crippen LogP) is 1.86. The molecule has 0 aliphatic heterocycles. The van der Waals surface area contributed by atoms with E-state index in [1.54, 1.807) is 0 Å². The summed E-state index contributed by atoms with van der Waals surface area (Å²) >= 11 is 5.93. The third kappa shape index (κ3) is 2.45. The van der Waals surface area contributed by atoms with Crippen LogP contribution in [0.2, 0.25) is 0 Å². The highest BCUT2D eigenvalue weighted by Gasteiger charge is 2.18. The van der Waals surface area contributed by atoms with Crippen molar-refractivity contribution in [3.63, 3.8) is 0 Å². The van der Waals surface area contributed by atoms with Crippen LogP contribution in [0.1, 0.15) is 24.9 Å². The third-order valence-electron chi connectivity index (χ3n) is 3.06. The van der Waals surface area contributed by atoms with Gasteiger partial charge in [0.15, 0.2) is 5.65 Å². The molecule has 0 aliphatic rings. The monoisotopic (exact) mass is 284 g/mol. The summed E-state index contributed by atoms with van der Waals surface area (Å²) in [6, 6.07) is 0. The molecule has 0 bridgehead atoms. The Morgan fingerprint density at radius 3 is 2.79 bits per heavy atom. The molecule has 0 aliphatic carbocycles. The van der Waals surface area contributed by atoms with Crippen molar-refractivity contribution in [2.24, 2.45) is 0 Å². The molecule has 2 aromatic heterocycles. The molecule has 0 fully saturated rings. The Kier molecular flexibility index (Phi) is 4.09. The quantitative estimate of drug-likeness (QED) is 0.621. The van der Waals surface area contributed by atoms with Gasteiger partial charge in [0.2, 0.25) is 0 Å². The van der Waals surface area contributed by atoms with Crippen LogP contribution in [0.15, 0.2) is 0 Å². The highest BCUT2D eigenvalue weighted by molar-refractivity contribution is 6.16. The van der Waals surface area contributed by atoms with Gasteiger partial charge in [0.1, 0.15) is 11.3 Å². The summed E-state index contributed by atoms with van der Waals surface area (Å²) in [5.74, 6) is 0.809. The van der Waals surface area contributed by atoms with Gasteiger partial charge in [-0.3, -0.25) is 4.79 Å². The molecular formula is C12H17ClN4O2. The Morgan fingerprint density at radius 1 is 1.47 bits per heavy atom. The molecule has 2 rings (SSSR count). The van der Waals surface area contributed by atoms with Crippen molar-refractivity contribution < 1.29 is 9.53 Å². The minimum Gasteiger partial charge on any atom is -0.469 e. The van der Waals surface area contributed by atoms with E-state index in [1.165, 1.54) is 7.11 Å². The van der Waals surface area contributed by atoms with Gasteiger partial charge in [0.05, 0.1) is 25.1 Å². The Balaban J connectivity index is 2.46. The van der Waals surface area contributed by atoms with E-state index in [9.17, 15) is 4.79 Å². The zero-order chi connectivity index (χ0) is 14.0. The first-order valence-electron chi connectivity index (χ1n) is 6.17. The molecule has 104 valence electrons. The zero-order valence-electron chi connectivity index (χ0n) is 11.3. The Morgan fingerprint density at radius 2 is 2.21 bits per heavy atom. The number of alkyl halides is 1. The second-order valence-electron chi connectivity index (χ2n) is 4.21. The van der Waals surface area contributed by atoms with Gasteiger partial charge in [-0.1, -0.05) is 0 Å². The normalized spacial score (nSPS) is 11.2. The lowest BCUT2D eigenvalue weighted by molar-refractivity contribution is -0.140. The molecule has 0 aromatic carbocycles. The van der Waals surface area contributed by atoms with Crippen LogP contribution in [0.25, 0.3) is 11.2 Å². The van der Waals surface area contributed by atoms with Crippen LogP contribution in [-0.2, 0) is 28.5 Å². The summed E-state index contributed by atoms with van der Waals surface area (Å²) in [5.41, 5.74) is 2.64. The molecule has 0 atom stereocenters. The van der Waals surface area contributed by atoms with Crippen LogP contribution >= 0.6 is 11.6 Å². The van der Waals surface area contributed by atoms with Crippen molar-refractivity contribution in [3.05, 3.63) is 11.5 Å². The summed E-state index contributed by atoms with van der Waals surface area (Å²) in [6.45, 7) is 5.18. The van der Waals surface area contributed by atoms with Crippen molar-refractivity contribution in [3.8, 4) is 0 Å². The van der Waals surface area contributed by atoms with Crippen LogP contribution in [0.3, 0.4) is 0 Å². The van der Waals surface area contributed by atoms with Crippen LogP contribution in [-0.4, -0.2) is 32.4 Å². The lowest BCUT2D eigenvalue weighted by Crippen LogP contribution is -2.12. The first kappa shape index (κ1) is 13.9. The van der Waals surface area contributed by atoms with Crippen molar-refractivity contribution in [2.45, 2.75) is 39.2 Å². The SMILES string of the molecule is CCn1nc(C)c2nc(CCl)n(CCC(=O)OC)c21. The minimum absolute atomic E-state index is 0.248. The zero-order valence-corrected chi connectivity index (χ0v) is 12.1. The number of carbonyl (C=O) groups is 1. The number of esters is 1.